The third-order valence-electron chi connectivity index (χ3n) is 6.66. The third kappa shape index (κ3) is 4.40. The second-order valence-electron chi connectivity index (χ2n) is 8.33. The van der Waals surface area contributed by atoms with Gasteiger partial charge in [-0.25, -0.2) is 0 Å². The second kappa shape index (κ2) is 8.89. The number of fused-ring (bicyclic) bond motifs is 2. The van der Waals surface area contributed by atoms with Crippen molar-refractivity contribution >= 4 is 0 Å². The molecule has 0 unspecified atom stereocenters. The molecule has 26 heavy (non-hydrogen) atoms. The summed E-state index contributed by atoms with van der Waals surface area (Å²) in [4.78, 5) is 0. The normalized spacial score (nSPS) is 13.2. The zero-order valence-corrected chi connectivity index (χ0v) is 17.3. The monoisotopic (exact) mass is 348 g/mol. The molecular formula is C26H36. The number of hydrogen-bond donors (Lipinski definition) is 0. The molecule has 140 valence electrons. The first-order valence-corrected chi connectivity index (χ1v) is 10.9. The van der Waals surface area contributed by atoms with E-state index in [-0.39, 0.29) is 0 Å². The Balaban J connectivity index is 1.76. The minimum absolute atomic E-state index is 0.830. The van der Waals surface area contributed by atoms with Crippen LogP contribution < -0.4 is 0 Å². The third-order valence-corrected chi connectivity index (χ3v) is 6.66. The van der Waals surface area contributed by atoms with Gasteiger partial charge in [0.1, 0.15) is 0 Å². The summed E-state index contributed by atoms with van der Waals surface area (Å²) in [5.74, 6) is 1.66. The van der Waals surface area contributed by atoms with Crippen molar-refractivity contribution in [1.82, 2.24) is 0 Å². The van der Waals surface area contributed by atoms with Crippen LogP contribution in [-0.2, 0) is 25.7 Å². The molecule has 0 saturated heterocycles. The highest BCUT2D eigenvalue weighted by molar-refractivity contribution is 5.47. The van der Waals surface area contributed by atoms with E-state index in [2.05, 4.69) is 64.1 Å². The summed E-state index contributed by atoms with van der Waals surface area (Å²) in [7, 11) is 0. The van der Waals surface area contributed by atoms with E-state index in [1.807, 2.05) is 0 Å². The van der Waals surface area contributed by atoms with Crippen molar-refractivity contribution in [3.8, 4) is 0 Å². The van der Waals surface area contributed by atoms with E-state index in [1.165, 1.54) is 49.7 Å². The quantitative estimate of drug-likeness (QED) is 0.406. The molecule has 2 aromatic carbocycles. The van der Waals surface area contributed by atoms with Crippen LogP contribution >= 0.6 is 0 Å². The molecule has 0 heterocycles. The maximum Gasteiger partial charge on any atom is -0.00200 e. The van der Waals surface area contributed by atoms with Gasteiger partial charge in [0.15, 0.2) is 0 Å². The molecule has 0 bridgehead atoms. The molecule has 0 amide bonds. The maximum atomic E-state index is 2.49. The topological polar surface area (TPSA) is 0 Å². The standard InChI is InChI=1S/C26H36/c1-5-19(6-2)13-21-9-11-23-18-26-16-22(14-20(7-3)8-4)10-12-24(26)17-25(23)15-21/h9-12,15-16,19-20H,5-8,13-14,17-18H2,1-4H3. The lowest BCUT2D eigenvalue weighted by Crippen LogP contribution is -2.10. The zero-order valence-electron chi connectivity index (χ0n) is 17.3. The van der Waals surface area contributed by atoms with Crippen molar-refractivity contribution in [2.75, 3.05) is 0 Å². The fraction of sp³-hybridized carbons (Fsp3) is 0.538. The molecule has 1 aliphatic carbocycles. The van der Waals surface area contributed by atoms with Crippen molar-refractivity contribution in [2.45, 2.75) is 79.1 Å². The molecule has 2 aromatic rings. The lowest BCUT2D eigenvalue weighted by atomic mass is 9.82. The van der Waals surface area contributed by atoms with Crippen LogP contribution in [0.15, 0.2) is 36.4 Å². The van der Waals surface area contributed by atoms with Gasteiger partial charge in [0.2, 0.25) is 0 Å². The van der Waals surface area contributed by atoms with Crippen LogP contribution in [0, 0.1) is 11.8 Å². The summed E-state index contributed by atoms with van der Waals surface area (Å²) in [6, 6.07) is 14.6. The van der Waals surface area contributed by atoms with E-state index in [9.17, 15) is 0 Å². The Morgan fingerprint density at radius 1 is 0.577 bits per heavy atom. The van der Waals surface area contributed by atoms with Crippen LogP contribution in [0.2, 0.25) is 0 Å². The van der Waals surface area contributed by atoms with Gasteiger partial charge in [-0.3, -0.25) is 0 Å². The second-order valence-corrected chi connectivity index (χ2v) is 8.33. The van der Waals surface area contributed by atoms with Crippen molar-refractivity contribution < 1.29 is 0 Å². The minimum Gasteiger partial charge on any atom is -0.0651 e. The minimum atomic E-state index is 0.830. The summed E-state index contributed by atoms with van der Waals surface area (Å²) in [6.07, 6.45) is 9.86. The van der Waals surface area contributed by atoms with Gasteiger partial charge in [0, 0.05) is 0 Å². The molecule has 1 aliphatic rings. The average Bonchev–Trinajstić information content (AvgIpc) is 2.68. The molecule has 0 aliphatic heterocycles. The highest BCUT2D eigenvalue weighted by atomic mass is 14.2. The maximum absolute atomic E-state index is 2.49. The van der Waals surface area contributed by atoms with Crippen LogP contribution in [0.1, 0.15) is 86.8 Å². The van der Waals surface area contributed by atoms with Gasteiger partial charge < -0.3 is 0 Å². The first-order chi connectivity index (χ1) is 12.7. The summed E-state index contributed by atoms with van der Waals surface area (Å²) < 4.78 is 0. The lowest BCUT2D eigenvalue weighted by molar-refractivity contribution is 0.490. The van der Waals surface area contributed by atoms with Crippen LogP contribution in [0.4, 0.5) is 0 Å². The molecule has 0 spiro atoms. The molecule has 0 saturated carbocycles. The zero-order chi connectivity index (χ0) is 18.5. The first-order valence-electron chi connectivity index (χ1n) is 10.9. The molecule has 0 atom stereocenters. The van der Waals surface area contributed by atoms with Gasteiger partial charge in [-0.05, 0) is 70.9 Å². The molecule has 0 radical (unpaired) electrons. The van der Waals surface area contributed by atoms with Crippen LogP contribution in [-0.4, -0.2) is 0 Å². The van der Waals surface area contributed by atoms with E-state index < -0.39 is 0 Å². The predicted molar refractivity (Wildman–Crippen MR) is 114 cm³/mol. The summed E-state index contributed by atoms with van der Waals surface area (Å²) in [5, 5.41) is 0. The van der Waals surface area contributed by atoms with Gasteiger partial charge >= 0.3 is 0 Å². The van der Waals surface area contributed by atoms with Gasteiger partial charge in [0.05, 0.1) is 0 Å². The van der Waals surface area contributed by atoms with E-state index in [1.54, 1.807) is 22.3 Å². The molecule has 0 nitrogen and oxygen atoms in total. The predicted octanol–water partition coefficient (Wildman–Crippen LogP) is 7.14. The smallest absolute Gasteiger partial charge is 0.00200 e. The summed E-state index contributed by atoms with van der Waals surface area (Å²) >= 11 is 0. The van der Waals surface area contributed by atoms with Gasteiger partial charge in [-0.15, -0.1) is 0 Å². The molecule has 0 fully saturated rings. The van der Waals surface area contributed by atoms with Gasteiger partial charge in [-0.1, -0.05) is 89.8 Å². The Hall–Kier alpha value is -1.56. The Morgan fingerprint density at radius 2 is 0.962 bits per heavy atom. The van der Waals surface area contributed by atoms with Crippen molar-refractivity contribution in [1.29, 1.82) is 0 Å². The van der Waals surface area contributed by atoms with Crippen LogP contribution in [0.5, 0.6) is 0 Å². The fourth-order valence-corrected chi connectivity index (χ4v) is 4.52. The Morgan fingerprint density at radius 3 is 1.31 bits per heavy atom. The van der Waals surface area contributed by atoms with Crippen molar-refractivity contribution in [3.63, 3.8) is 0 Å². The average molecular weight is 349 g/mol. The van der Waals surface area contributed by atoms with Crippen molar-refractivity contribution in [2.24, 2.45) is 11.8 Å². The number of hydrogen-bond acceptors (Lipinski definition) is 0. The summed E-state index contributed by atoms with van der Waals surface area (Å²) in [6.45, 7) is 9.29. The lowest BCUT2D eigenvalue weighted by Gasteiger charge is -2.23. The Bertz CT molecular complexity index is 653. The molecule has 0 aromatic heterocycles. The first kappa shape index (κ1) is 19.2. The SMILES string of the molecule is CCC(CC)Cc1ccc2c(c1)Cc1ccc(CC(CC)CC)cc1C2. The highest BCUT2D eigenvalue weighted by Gasteiger charge is 2.17. The number of benzene rings is 2. The van der Waals surface area contributed by atoms with Gasteiger partial charge in [-0.2, -0.15) is 0 Å². The fourth-order valence-electron chi connectivity index (χ4n) is 4.52. The Kier molecular flexibility index (Phi) is 6.57. The highest BCUT2D eigenvalue weighted by Crippen LogP contribution is 2.30. The van der Waals surface area contributed by atoms with E-state index in [4.69, 9.17) is 0 Å². The molecular weight excluding hydrogens is 312 g/mol. The van der Waals surface area contributed by atoms with E-state index >= 15 is 0 Å². The number of rotatable bonds is 8. The Labute approximate surface area is 161 Å². The largest absolute Gasteiger partial charge is 0.0651 e. The van der Waals surface area contributed by atoms with Crippen molar-refractivity contribution in [3.05, 3.63) is 69.8 Å². The van der Waals surface area contributed by atoms with Crippen LogP contribution in [0.25, 0.3) is 0 Å². The molecule has 3 rings (SSSR count). The van der Waals surface area contributed by atoms with Gasteiger partial charge in [0.25, 0.3) is 0 Å². The summed E-state index contributed by atoms with van der Waals surface area (Å²) in [5.41, 5.74) is 9.29. The van der Waals surface area contributed by atoms with E-state index in [0.29, 0.717) is 0 Å². The molecule has 0 heteroatoms. The van der Waals surface area contributed by atoms with E-state index in [0.717, 1.165) is 24.7 Å². The van der Waals surface area contributed by atoms with Crippen LogP contribution in [0.3, 0.4) is 0 Å². The molecule has 0 N–H and O–H groups in total.